The van der Waals surface area contributed by atoms with Crippen LogP contribution in [0.5, 0.6) is 0 Å². The van der Waals surface area contributed by atoms with E-state index in [9.17, 15) is 13.2 Å². The van der Waals surface area contributed by atoms with Gasteiger partial charge in [-0.25, -0.2) is 8.42 Å². The minimum Gasteiger partial charge on any atom is -0.480 e. The second-order valence-electron chi connectivity index (χ2n) is 5.81. The van der Waals surface area contributed by atoms with E-state index in [1.807, 2.05) is 0 Å². The minimum absolute atomic E-state index is 0.109. The summed E-state index contributed by atoms with van der Waals surface area (Å²) < 4.78 is 27.2. The Morgan fingerprint density at radius 1 is 1.48 bits per heavy atom. The molecule has 2 rings (SSSR count). The summed E-state index contributed by atoms with van der Waals surface area (Å²) in [6.07, 6.45) is 1.64. The average Bonchev–Trinajstić information content (AvgIpc) is 2.49. The molecule has 1 saturated heterocycles. The summed E-state index contributed by atoms with van der Waals surface area (Å²) in [5.74, 6) is -0.808. The number of aryl methyl sites for hydroxylation is 1. The van der Waals surface area contributed by atoms with Crippen molar-refractivity contribution in [1.82, 2.24) is 9.62 Å². The highest BCUT2D eigenvalue weighted by Crippen LogP contribution is 2.27. The third-order valence-corrected chi connectivity index (χ3v) is 6.20. The highest BCUT2D eigenvalue weighted by atomic mass is 35.5. The van der Waals surface area contributed by atoms with E-state index in [-0.39, 0.29) is 17.4 Å². The van der Waals surface area contributed by atoms with Gasteiger partial charge in [0.2, 0.25) is 10.0 Å². The van der Waals surface area contributed by atoms with Gasteiger partial charge in [0.1, 0.15) is 0 Å². The van der Waals surface area contributed by atoms with Crippen LogP contribution in [0.3, 0.4) is 0 Å². The lowest BCUT2D eigenvalue weighted by molar-refractivity contribution is -0.136. The Labute approximate surface area is 141 Å². The average molecular weight is 361 g/mol. The van der Waals surface area contributed by atoms with Gasteiger partial charge in [-0.2, -0.15) is 4.31 Å². The van der Waals surface area contributed by atoms with Gasteiger partial charge in [-0.1, -0.05) is 17.7 Å². The second-order valence-corrected chi connectivity index (χ2v) is 8.15. The zero-order chi connectivity index (χ0) is 17.0. The quantitative estimate of drug-likeness (QED) is 0.806. The zero-order valence-corrected chi connectivity index (χ0v) is 14.5. The molecule has 0 spiro atoms. The maximum atomic E-state index is 12.8. The molecule has 1 heterocycles. The van der Waals surface area contributed by atoms with Crippen molar-refractivity contribution in [2.75, 3.05) is 26.2 Å². The number of halogens is 1. The van der Waals surface area contributed by atoms with Crippen LogP contribution in [0.15, 0.2) is 23.1 Å². The molecule has 1 aliphatic heterocycles. The molecule has 0 radical (unpaired) electrons. The van der Waals surface area contributed by atoms with Crippen LogP contribution in [0.25, 0.3) is 0 Å². The van der Waals surface area contributed by atoms with Crippen molar-refractivity contribution < 1.29 is 18.3 Å². The summed E-state index contributed by atoms with van der Waals surface area (Å²) in [5, 5.41) is 11.9. The largest absolute Gasteiger partial charge is 0.480 e. The lowest BCUT2D eigenvalue weighted by Gasteiger charge is -2.32. The van der Waals surface area contributed by atoms with Crippen molar-refractivity contribution >= 4 is 27.6 Å². The van der Waals surface area contributed by atoms with Crippen molar-refractivity contribution in [3.8, 4) is 0 Å². The van der Waals surface area contributed by atoms with Gasteiger partial charge < -0.3 is 10.4 Å². The molecular weight excluding hydrogens is 340 g/mol. The third-order valence-electron chi connectivity index (χ3n) is 3.96. The Balaban J connectivity index is 2.10. The molecule has 0 saturated carbocycles. The highest BCUT2D eigenvalue weighted by Gasteiger charge is 2.31. The summed E-state index contributed by atoms with van der Waals surface area (Å²) in [4.78, 5) is 10.8. The molecular formula is C15H21ClN2O4S. The Morgan fingerprint density at radius 2 is 2.22 bits per heavy atom. The van der Waals surface area contributed by atoms with Crippen molar-refractivity contribution in [1.29, 1.82) is 0 Å². The Hall–Kier alpha value is -1.15. The molecule has 6 nitrogen and oxygen atoms in total. The van der Waals surface area contributed by atoms with E-state index >= 15 is 0 Å². The molecule has 1 aromatic rings. The number of piperidine rings is 1. The first-order chi connectivity index (χ1) is 10.8. The van der Waals surface area contributed by atoms with Crippen molar-refractivity contribution in [2.24, 2.45) is 5.92 Å². The van der Waals surface area contributed by atoms with E-state index in [1.165, 1.54) is 10.4 Å². The number of rotatable bonds is 6. The Bertz CT molecular complexity index is 678. The van der Waals surface area contributed by atoms with Crippen LogP contribution in [0.1, 0.15) is 18.4 Å². The first-order valence-corrected chi connectivity index (χ1v) is 9.31. The molecule has 0 aliphatic carbocycles. The molecule has 1 aromatic carbocycles. The fraction of sp³-hybridized carbons (Fsp3) is 0.533. The first kappa shape index (κ1) is 18.2. The summed E-state index contributed by atoms with van der Waals surface area (Å²) in [5.41, 5.74) is 0.667. The summed E-state index contributed by atoms with van der Waals surface area (Å²) >= 11 is 5.94. The summed E-state index contributed by atoms with van der Waals surface area (Å²) in [7, 11) is -3.58. The molecule has 23 heavy (non-hydrogen) atoms. The van der Waals surface area contributed by atoms with E-state index in [0.29, 0.717) is 30.2 Å². The molecule has 0 bridgehead atoms. The van der Waals surface area contributed by atoms with E-state index in [2.05, 4.69) is 5.32 Å². The lowest BCUT2D eigenvalue weighted by Crippen LogP contribution is -2.43. The highest BCUT2D eigenvalue weighted by molar-refractivity contribution is 7.89. The number of carboxylic acid groups (broad SMARTS) is 1. The maximum absolute atomic E-state index is 12.8. The number of sulfonamides is 1. The number of hydrogen-bond donors (Lipinski definition) is 2. The predicted molar refractivity (Wildman–Crippen MR) is 88.2 cm³/mol. The minimum atomic E-state index is -3.58. The normalized spacial score (nSPS) is 19.7. The molecule has 1 atom stereocenters. The SMILES string of the molecule is Cc1ccc(Cl)cc1S(=O)(=O)N1CCCC(CNCC(=O)O)C1. The summed E-state index contributed by atoms with van der Waals surface area (Å²) in [6, 6.07) is 4.86. The van der Waals surface area contributed by atoms with Gasteiger partial charge in [0.15, 0.2) is 0 Å². The Morgan fingerprint density at radius 3 is 2.91 bits per heavy atom. The van der Waals surface area contributed by atoms with Gasteiger partial charge in [-0.15, -0.1) is 0 Å². The van der Waals surface area contributed by atoms with Crippen LogP contribution in [-0.2, 0) is 14.8 Å². The molecule has 1 unspecified atom stereocenters. The van der Waals surface area contributed by atoms with Crippen molar-refractivity contribution in [3.05, 3.63) is 28.8 Å². The molecule has 8 heteroatoms. The van der Waals surface area contributed by atoms with Crippen LogP contribution < -0.4 is 5.32 Å². The summed E-state index contributed by atoms with van der Waals surface area (Å²) in [6.45, 7) is 2.99. The van der Waals surface area contributed by atoms with E-state index in [4.69, 9.17) is 16.7 Å². The van der Waals surface area contributed by atoms with Gasteiger partial charge in [-0.3, -0.25) is 4.79 Å². The maximum Gasteiger partial charge on any atom is 0.317 e. The van der Waals surface area contributed by atoms with Gasteiger partial charge in [0, 0.05) is 18.1 Å². The van der Waals surface area contributed by atoms with Gasteiger partial charge >= 0.3 is 5.97 Å². The Kier molecular flexibility index (Phi) is 6.02. The molecule has 128 valence electrons. The fourth-order valence-corrected chi connectivity index (χ4v) is 4.83. The standard InChI is InChI=1S/C15H21ClN2O4S/c1-11-4-5-13(16)7-14(11)23(21,22)18-6-2-3-12(10-18)8-17-9-15(19)20/h4-5,7,12,17H,2-3,6,8-10H2,1H3,(H,19,20). The van der Waals surface area contributed by atoms with E-state index < -0.39 is 16.0 Å². The van der Waals surface area contributed by atoms with Gasteiger partial charge in [0.25, 0.3) is 0 Å². The number of carboxylic acids is 1. The second kappa shape index (κ2) is 7.61. The molecule has 2 N–H and O–H groups in total. The number of carbonyl (C=O) groups is 1. The van der Waals surface area contributed by atoms with E-state index in [0.717, 1.165) is 12.8 Å². The molecule has 0 aromatic heterocycles. The number of nitrogens with one attached hydrogen (secondary N) is 1. The predicted octanol–water partition coefficient (Wildman–Crippen LogP) is 1.72. The van der Waals surface area contributed by atoms with Gasteiger partial charge in [-0.05, 0) is 49.9 Å². The number of hydrogen-bond acceptors (Lipinski definition) is 4. The number of nitrogens with zero attached hydrogens (tertiary/aromatic N) is 1. The lowest BCUT2D eigenvalue weighted by atomic mass is 10.00. The fourth-order valence-electron chi connectivity index (χ4n) is 2.79. The molecule has 1 fully saturated rings. The van der Waals surface area contributed by atoms with Gasteiger partial charge in [0.05, 0.1) is 11.4 Å². The first-order valence-electron chi connectivity index (χ1n) is 7.49. The number of benzene rings is 1. The third kappa shape index (κ3) is 4.67. The van der Waals surface area contributed by atoms with Crippen LogP contribution in [0, 0.1) is 12.8 Å². The van der Waals surface area contributed by atoms with Crippen LogP contribution in [0.4, 0.5) is 0 Å². The van der Waals surface area contributed by atoms with Crippen LogP contribution in [-0.4, -0.2) is 50.0 Å². The zero-order valence-electron chi connectivity index (χ0n) is 13.0. The van der Waals surface area contributed by atoms with Crippen molar-refractivity contribution in [3.63, 3.8) is 0 Å². The molecule has 0 amide bonds. The topological polar surface area (TPSA) is 86.7 Å². The monoisotopic (exact) mass is 360 g/mol. The van der Waals surface area contributed by atoms with E-state index in [1.54, 1.807) is 19.1 Å². The smallest absolute Gasteiger partial charge is 0.317 e. The number of aliphatic carboxylic acids is 1. The molecule has 1 aliphatic rings. The van der Waals surface area contributed by atoms with Crippen LogP contribution >= 0.6 is 11.6 Å². The van der Waals surface area contributed by atoms with Crippen LogP contribution in [0.2, 0.25) is 5.02 Å². The van der Waals surface area contributed by atoms with Crippen molar-refractivity contribution in [2.45, 2.75) is 24.7 Å².